The molecule has 3 atom stereocenters. The van der Waals surface area contributed by atoms with Gasteiger partial charge < -0.3 is 11.1 Å². The van der Waals surface area contributed by atoms with E-state index in [-0.39, 0.29) is 35.0 Å². The number of benzene rings is 1. The smallest absolute Gasteiger partial charge is 0.227 e. The Kier molecular flexibility index (Phi) is 7.90. The molecule has 0 bridgehead atoms. The number of carbonyl (C=O) groups excluding carboxylic acids is 1. The Morgan fingerprint density at radius 1 is 1.33 bits per heavy atom. The summed E-state index contributed by atoms with van der Waals surface area (Å²) in [5.41, 5.74) is 7.72. The van der Waals surface area contributed by atoms with Gasteiger partial charge in [0.1, 0.15) is 0 Å². The maximum Gasteiger partial charge on any atom is 0.227 e. The number of carbonyl (C=O) groups is 1. The van der Waals surface area contributed by atoms with Crippen molar-refractivity contribution in [3.8, 4) is 0 Å². The van der Waals surface area contributed by atoms with Gasteiger partial charge in [0.25, 0.3) is 0 Å². The lowest BCUT2D eigenvalue weighted by Gasteiger charge is -2.25. The number of anilines is 1. The van der Waals surface area contributed by atoms with Gasteiger partial charge in [-0.1, -0.05) is 18.6 Å². The van der Waals surface area contributed by atoms with E-state index in [0.717, 1.165) is 36.9 Å². The van der Waals surface area contributed by atoms with E-state index < -0.39 is 10.8 Å². The van der Waals surface area contributed by atoms with Crippen LogP contribution in [0.25, 0.3) is 0 Å². The topological polar surface area (TPSA) is 72.2 Å². The summed E-state index contributed by atoms with van der Waals surface area (Å²) in [7, 11) is -0.948. The van der Waals surface area contributed by atoms with Gasteiger partial charge in [0.15, 0.2) is 0 Å². The first-order valence-corrected chi connectivity index (χ1v) is 9.61. The van der Waals surface area contributed by atoms with Crippen LogP contribution in [0.1, 0.15) is 52.0 Å². The van der Waals surface area contributed by atoms with E-state index in [1.165, 1.54) is 0 Å². The Bertz CT molecular complexity index is 587. The lowest BCUT2D eigenvalue weighted by atomic mass is 9.85. The van der Waals surface area contributed by atoms with E-state index in [9.17, 15) is 9.00 Å². The third-order valence-electron chi connectivity index (χ3n) is 4.26. The van der Waals surface area contributed by atoms with E-state index in [1.54, 1.807) is 0 Å². The molecule has 1 aromatic carbocycles. The quantitative estimate of drug-likeness (QED) is 0.847. The van der Waals surface area contributed by atoms with Crippen molar-refractivity contribution >= 4 is 34.8 Å². The molecule has 2 rings (SSSR count). The summed E-state index contributed by atoms with van der Waals surface area (Å²) in [6.45, 7) is 5.92. The number of hydrogen-bond acceptors (Lipinski definition) is 3. The number of nitrogens with one attached hydrogen (secondary N) is 1. The second-order valence-corrected chi connectivity index (χ2v) is 9.62. The van der Waals surface area contributed by atoms with Crippen LogP contribution in [0.15, 0.2) is 24.3 Å². The van der Waals surface area contributed by atoms with Crippen LogP contribution in [0, 0.1) is 5.92 Å². The SMILES string of the molecule is CC(C)(C)S(=O)Cc1cccc(NC(=O)C2CCCC(N)C2)c1.Cl. The first-order valence-electron chi connectivity index (χ1n) is 8.29. The maximum absolute atomic E-state index is 12.4. The van der Waals surface area contributed by atoms with Crippen LogP contribution in [0.3, 0.4) is 0 Å². The van der Waals surface area contributed by atoms with E-state index in [0.29, 0.717) is 5.75 Å². The molecule has 3 N–H and O–H groups in total. The van der Waals surface area contributed by atoms with Crippen molar-refractivity contribution in [2.75, 3.05) is 5.32 Å². The molecule has 24 heavy (non-hydrogen) atoms. The average molecular weight is 373 g/mol. The van der Waals surface area contributed by atoms with Crippen molar-refractivity contribution in [2.45, 2.75) is 63.0 Å². The highest BCUT2D eigenvalue weighted by Crippen LogP contribution is 2.25. The highest BCUT2D eigenvalue weighted by atomic mass is 35.5. The zero-order valence-corrected chi connectivity index (χ0v) is 16.3. The highest BCUT2D eigenvalue weighted by molar-refractivity contribution is 7.85. The minimum atomic E-state index is -0.948. The molecule has 1 aliphatic rings. The molecule has 136 valence electrons. The summed E-state index contributed by atoms with van der Waals surface area (Å²) in [5.74, 6) is 0.557. The molecular weight excluding hydrogens is 344 g/mol. The Labute approximate surface area is 153 Å². The molecule has 1 saturated carbocycles. The van der Waals surface area contributed by atoms with Crippen molar-refractivity contribution < 1.29 is 9.00 Å². The Balaban J connectivity index is 0.00000288. The van der Waals surface area contributed by atoms with Gasteiger partial charge in [-0.3, -0.25) is 9.00 Å². The van der Waals surface area contributed by atoms with Gasteiger partial charge in [0, 0.05) is 38.9 Å². The van der Waals surface area contributed by atoms with Crippen molar-refractivity contribution in [2.24, 2.45) is 11.7 Å². The zero-order chi connectivity index (χ0) is 17.0. The summed E-state index contributed by atoms with van der Waals surface area (Å²) < 4.78 is 12.0. The van der Waals surface area contributed by atoms with Crippen LogP contribution in [0.4, 0.5) is 5.69 Å². The Morgan fingerprint density at radius 2 is 2.04 bits per heavy atom. The normalized spacial score (nSPS) is 22.3. The van der Waals surface area contributed by atoms with Crippen molar-refractivity contribution in [3.63, 3.8) is 0 Å². The Hall–Kier alpha value is -0.910. The fourth-order valence-electron chi connectivity index (χ4n) is 2.82. The van der Waals surface area contributed by atoms with Gasteiger partial charge in [-0.25, -0.2) is 0 Å². The molecule has 0 radical (unpaired) electrons. The molecule has 1 fully saturated rings. The van der Waals surface area contributed by atoms with E-state index in [1.807, 2.05) is 45.0 Å². The van der Waals surface area contributed by atoms with Crippen molar-refractivity contribution in [1.29, 1.82) is 0 Å². The molecule has 0 aromatic heterocycles. The molecule has 1 amide bonds. The third-order valence-corrected chi connectivity index (χ3v) is 6.22. The summed E-state index contributed by atoms with van der Waals surface area (Å²) >= 11 is 0. The fraction of sp³-hybridized carbons (Fsp3) is 0.611. The van der Waals surface area contributed by atoms with Gasteiger partial charge >= 0.3 is 0 Å². The minimum absolute atomic E-state index is 0. The standard InChI is InChI=1S/C18H28N2O2S.ClH/c1-18(2,3)23(22)12-13-6-4-9-16(10-13)20-17(21)14-7-5-8-15(19)11-14;/h4,6,9-10,14-15H,5,7-8,11-12,19H2,1-3H3,(H,20,21);1H. The van der Waals surface area contributed by atoms with Crippen molar-refractivity contribution in [3.05, 3.63) is 29.8 Å². The van der Waals surface area contributed by atoms with Gasteiger partial charge in [-0.2, -0.15) is 0 Å². The molecule has 0 aliphatic heterocycles. The zero-order valence-electron chi connectivity index (χ0n) is 14.7. The number of amides is 1. The second kappa shape index (κ2) is 8.97. The molecule has 0 heterocycles. The maximum atomic E-state index is 12.4. The van der Waals surface area contributed by atoms with Gasteiger partial charge in [0.2, 0.25) is 5.91 Å². The number of nitrogens with two attached hydrogens (primary N) is 1. The lowest BCUT2D eigenvalue weighted by Crippen LogP contribution is -2.34. The van der Waals surface area contributed by atoms with Gasteiger partial charge in [-0.15, -0.1) is 12.4 Å². The lowest BCUT2D eigenvalue weighted by molar-refractivity contribution is -0.120. The summed E-state index contributed by atoms with van der Waals surface area (Å²) in [6.07, 6.45) is 3.70. The minimum Gasteiger partial charge on any atom is -0.328 e. The molecule has 1 aromatic rings. The first kappa shape index (κ1) is 21.1. The van der Waals surface area contributed by atoms with Crippen LogP contribution >= 0.6 is 12.4 Å². The van der Waals surface area contributed by atoms with Gasteiger partial charge in [0.05, 0.1) is 0 Å². The van der Waals surface area contributed by atoms with Crippen molar-refractivity contribution in [1.82, 2.24) is 0 Å². The summed E-state index contributed by atoms with van der Waals surface area (Å²) in [5, 5.41) is 2.99. The molecule has 1 aliphatic carbocycles. The summed E-state index contributed by atoms with van der Waals surface area (Å²) in [4.78, 5) is 12.4. The molecule has 0 spiro atoms. The average Bonchev–Trinajstić information content (AvgIpc) is 2.46. The first-order chi connectivity index (χ1) is 10.8. The molecular formula is C18H29ClN2O2S. The highest BCUT2D eigenvalue weighted by Gasteiger charge is 2.25. The number of rotatable bonds is 4. The monoisotopic (exact) mass is 372 g/mol. The van der Waals surface area contributed by atoms with Crippen LogP contribution in [0.2, 0.25) is 0 Å². The van der Waals surface area contributed by atoms with E-state index >= 15 is 0 Å². The molecule has 4 nitrogen and oxygen atoms in total. The Morgan fingerprint density at radius 3 is 2.67 bits per heavy atom. The van der Waals surface area contributed by atoms with Crippen LogP contribution < -0.4 is 11.1 Å². The number of hydrogen-bond donors (Lipinski definition) is 2. The third kappa shape index (κ3) is 6.19. The number of halogens is 1. The molecule has 3 unspecified atom stereocenters. The van der Waals surface area contributed by atoms with Crippen LogP contribution in [-0.2, 0) is 21.3 Å². The molecule has 6 heteroatoms. The van der Waals surface area contributed by atoms with Crippen LogP contribution in [-0.4, -0.2) is 20.9 Å². The van der Waals surface area contributed by atoms with Gasteiger partial charge in [-0.05, 0) is 57.7 Å². The van der Waals surface area contributed by atoms with E-state index in [2.05, 4.69) is 5.32 Å². The molecule has 0 saturated heterocycles. The fourth-order valence-corrected chi connectivity index (χ4v) is 3.73. The predicted octanol–water partition coefficient (Wildman–Crippen LogP) is 3.61. The van der Waals surface area contributed by atoms with E-state index in [4.69, 9.17) is 5.73 Å². The summed E-state index contributed by atoms with van der Waals surface area (Å²) in [6, 6.07) is 7.79. The second-order valence-electron chi connectivity index (χ2n) is 7.42. The largest absolute Gasteiger partial charge is 0.328 e. The predicted molar refractivity (Wildman–Crippen MR) is 104 cm³/mol. The van der Waals surface area contributed by atoms with Crippen LogP contribution in [0.5, 0.6) is 0 Å².